The van der Waals surface area contributed by atoms with E-state index in [0.717, 1.165) is 25.7 Å². The molecule has 0 bridgehead atoms. The molecule has 5 aliphatic carbocycles. The topological polar surface area (TPSA) is 393 Å². The van der Waals surface area contributed by atoms with E-state index in [4.69, 9.17) is 47.4 Å². The van der Waals surface area contributed by atoms with Crippen molar-refractivity contribution in [2.75, 3.05) is 19.8 Å². The number of ether oxygens (including phenoxy) is 10. The number of hydrogen-bond acceptors (Lipinski definition) is 25. The Hall–Kier alpha value is -1.71. The third-order valence-corrected chi connectivity index (χ3v) is 23.0. The van der Waals surface area contributed by atoms with Crippen LogP contribution in [0.5, 0.6) is 0 Å². The van der Waals surface area contributed by atoms with Gasteiger partial charge in [0.15, 0.2) is 25.2 Å². The molecule has 32 atom stereocenters. The Balaban J connectivity index is 0.824. The molecule has 25 heteroatoms. The van der Waals surface area contributed by atoms with Gasteiger partial charge in [0.2, 0.25) is 6.29 Å². The number of hydrogen-bond donors (Lipinski definition) is 14. The van der Waals surface area contributed by atoms with Gasteiger partial charge in [-0.3, -0.25) is 4.79 Å². The van der Waals surface area contributed by atoms with Crippen molar-refractivity contribution in [2.24, 2.45) is 50.2 Å². The molecule has 0 amide bonds. The Morgan fingerprint density at radius 3 is 1.76 bits per heavy atom. The third kappa shape index (κ3) is 10.9. The fraction of sp³-hybridized carbons (Fsp3) is 0.949. The van der Waals surface area contributed by atoms with Crippen molar-refractivity contribution in [1.82, 2.24) is 0 Å². The van der Waals surface area contributed by atoms with Crippen LogP contribution in [-0.2, 0) is 52.2 Å². The predicted molar refractivity (Wildman–Crippen MR) is 287 cm³/mol. The number of aliphatic hydroxyl groups is 14. The van der Waals surface area contributed by atoms with Gasteiger partial charge in [-0.05, 0) is 123 Å². The number of fused-ring (bicyclic) bond motifs is 7. The highest BCUT2D eigenvalue weighted by molar-refractivity contribution is 5.79. The van der Waals surface area contributed by atoms with Crippen LogP contribution in [0.1, 0.15) is 127 Å². The van der Waals surface area contributed by atoms with E-state index in [1.54, 1.807) is 0 Å². The second-order valence-corrected chi connectivity index (χ2v) is 28.6. The smallest absolute Gasteiger partial charge is 0.315 e. The Morgan fingerprint density at radius 2 is 1.13 bits per heavy atom. The Bertz CT molecular complexity index is 2340. The second kappa shape index (κ2) is 23.8. The lowest BCUT2D eigenvalue weighted by molar-refractivity contribution is -0.364. The van der Waals surface area contributed by atoms with Crippen molar-refractivity contribution in [3.8, 4) is 0 Å². The van der Waals surface area contributed by atoms with E-state index in [0.29, 0.717) is 38.5 Å². The summed E-state index contributed by atoms with van der Waals surface area (Å²) in [4.78, 5) is 15.2. The van der Waals surface area contributed by atoms with Gasteiger partial charge in [-0.25, -0.2) is 0 Å². The van der Waals surface area contributed by atoms with E-state index >= 15 is 4.79 Å². The third-order valence-electron chi connectivity index (χ3n) is 23.0. The average molecular weight is 1210 g/mol. The summed E-state index contributed by atoms with van der Waals surface area (Å²) in [7, 11) is 0. The molecule has 25 nitrogen and oxygen atoms in total. The van der Waals surface area contributed by atoms with Crippen LogP contribution in [-0.4, -0.2) is 251 Å². The first-order valence-electron chi connectivity index (χ1n) is 30.5. The normalized spacial score (nSPS) is 54.6. The fourth-order valence-electron chi connectivity index (χ4n) is 17.5. The highest BCUT2D eigenvalue weighted by atomic mass is 16.8. The van der Waals surface area contributed by atoms with Crippen LogP contribution >= 0.6 is 0 Å². The van der Waals surface area contributed by atoms with Gasteiger partial charge in [0.05, 0.1) is 43.5 Å². The van der Waals surface area contributed by atoms with Crippen LogP contribution in [0.4, 0.5) is 0 Å². The summed E-state index contributed by atoms with van der Waals surface area (Å²) in [6, 6.07) is 0. The molecule has 5 saturated heterocycles. The largest absolute Gasteiger partial charge is 0.432 e. The maximum absolute atomic E-state index is 15.2. The standard InChI is InChI=1S/C59H96O25/c1-24-34(62)38(66)42(70)49(77-24)82-46-29(21-60)79-48(45(73)41(46)69)76-23-30-37(65)40(68)44(72)51(80-30)84-53(74)59-18-16-54(3,4)20-27(59)26-10-11-32-56(7)14-13-33(55(5,6)31(56)12-15-58(32,9)57(26,8)17-19-59)81-52-47(36(64)28(61)22-75-52)83-50-43(71)39(67)35(63)25(2)78-50/h10,24-25,27-52,60-73H,11-23H2,1-9H3/t24-,25-,27?,28-,29+,30+,31?,32?,33-,34-,35-,36-,37+,38+,39+,40-,41+,42+,43+,44+,45+,46+,47+,48+,49-,50-,51-,52-,56-,57+,58+,59-/m0/s1. The van der Waals surface area contributed by atoms with Crippen molar-refractivity contribution >= 4 is 5.97 Å². The summed E-state index contributed by atoms with van der Waals surface area (Å²) in [5.41, 5.74) is -1.12. The summed E-state index contributed by atoms with van der Waals surface area (Å²) in [5.74, 6) is -0.449. The molecule has 5 aliphatic heterocycles. The molecule has 0 aromatic heterocycles. The van der Waals surface area contributed by atoms with Gasteiger partial charge in [-0.1, -0.05) is 60.1 Å². The van der Waals surface area contributed by atoms with Crippen LogP contribution in [0.3, 0.4) is 0 Å². The van der Waals surface area contributed by atoms with Crippen LogP contribution in [0.15, 0.2) is 11.6 Å². The first-order valence-corrected chi connectivity index (χ1v) is 30.5. The summed E-state index contributed by atoms with van der Waals surface area (Å²) < 4.78 is 59.6. The molecule has 3 unspecified atom stereocenters. The molecule has 0 spiro atoms. The first-order chi connectivity index (χ1) is 39.3. The van der Waals surface area contributed by atoms with Crippen molar-refractivity contribution < 1.29 is 124 Å². The van der Waals surface area contributed by atoms with Gasteiger partial charge < -0.3 is 119 Å². The quantitative estimate of drug-likeness (QED) is 0.0600. The monoisotopic (exact) mass is 1200 g/mol. The zero-order valence-electron chi connectivity index (χ0n) is 49.7. The van der Waals surface area contributed by atoms with Crippen LogP contribution in [0, 0.1) is 50.2 Å². The maximum Gasteiger partial charge on any atom is 0.315 e. The van der Waals surface area contributed by atoms with E-state index in [2.05, 4.69) is 54.5 Å². The Morgan fingerprint density at radius 1 is 0.560 bits per heavy atom. The highest BCUT2D eigenvalue weighted by Crippen LogP contribution is 2.76. The molecule has 9 fully saturated rings. The summed E-state index contributed by atoms with van der Waals surface area (Å²) in [6.45, 7) is 17.3. The minimum absolute atomic E-state index is 0.150. The number of aliphatic hydroxyl groups excluding tert-OH is 14. The zero-order chi connectivity index (χ0) is 61.3. The van der Waals surface area contributed by atoms with Crippen molar-refractivity contribution in [2.45, 2.75) is 280 Å². The second-order valence-electron chi connectivity index (χ2n) is 28.6. The molecule has 10 rings (SSSR count). The van der Waals surface area contributed by atoms with E-state index in [9.17, 15) is 71.5 Å². The van der Waals surface area contributed by atoms with Gasteiger partial charge in [0.1, 0.15) is 104 Å². The Kier molecular flexibility index (Phi) is 18.5. The summed E-state index contributed by atoms with van der Waals surface area (Å²) >= 11 is 0. The minimum atomic E-state index is -1.88. The van der Waals surface area contributed by atoms with Gasteiger partial charge in [0, 0.05) is 0 Å². The van der Waals surface area contributed by atoms with Crippen molar-refractivity contribution in [1.29, 1.82) is 0 Å². The fourth-order valence-corrected chi connectivity index (χ4v) is 17.5. The summed E-state index contributed by atoms with van der Waals surface area (Å²) in [5, 5.41) is 151. The SMILES string of the molecule is C[C@@H]1O[C@@H](O[C@H]2[C@H](O[C@H]3CC[C@@]4(C)C(CC[C@]5(C)C4CC=C4C6CC(C)(C)CC[C@]6(C(=O)O[C@@H]6O[C@H](CO[C@@H]7O[C@H](CO)[C@@H](O[C@@H]8O[C@@H](C)[C@H](O)[C@@H](O)[C@H]8O)[C@H](O)[C@H]7O)[C@@H](O)[C@H](O)[C@H]6O)CC[C@]45C)C3(C)C)OC[C@H](O)[C@@H]2O)[C@H](O)[C@H](O)[C@H]1O. The molecule has 10 aliphatic rings. The minimum Gasteiger partial charge on any atom is -0.432 e. The maximum atomic E-state index is 15.2. The lowest BCUT2D eigenvalue weighted by Crippen LogP contribution is -2.66. The van der Waals surface area contributed by atoms with Gasteiger partial charge in [0.25, 0.3) is 0 Å². The molecule has 0 aromatic carbocycles. The predicted octanol–water partition coefficient (Wildman–Crippen LogP) is -1.52. The molecule has 5 heterocycles. The molecule has 0 aromatic rings. The zero-order valence-corrected chi connectivity index (χ0v) is 49.7. The van der Waals surface area contributed by atoms with Gasteiger partial charge >= 0.3 is 5.97 Å². The molecule has 0 radical (unpaired) electrons. The van der Waals surface area contributed by atoms with Gasteiger partial charge in [-0.2, -0.15) is 0 Å². The number of carbonyl (C=O) groups excluding carboxylic acids is 1. The van der Waals surface area contributed by atoms with Crippen molar-refractivity contribution in [3.63, 3.8) is 0 Å². The highest BCUT2D eigenvalue weighted by Gasteiger charge is 2.70. The van der Waals surface area contributed by atoms with Crippen molar-refractivity contribution in [3.05, 3.63) is 11.6 Å². The molecule has 4 saturated carbocycles. The lowest BCUT2D eigenvalue weighted by atomic mass is 9.33. The van der Waals surface area contributed by atoms with Crippen LogP contribution in [0.2, 0.25) is 0 Å². The molecular weight excluding hydrogens is 1110 g/mol. The van der Waals surface area contributed by atoms with Gasteiger partial charge in [-0.15, -0.1) is 0 Å². The number of esters is 1. The van der Waals surface area contributed by atoms with Crippen LogP contribution in [0.25, 0.3) is 0 Å². The molecule has 482 valence electrons. The van der Waals surface area contributed by atoms with E-state index < -0.39 is 177 Å². The average Bonchev–Trinajstić information content (AvgIpc) is 0.706. The number of allylic oxidation sites excluding steroid dienone is 2. The first kappa shape index (κ1) is 65.2. The van der Waals surface area contributed by atoms with E-state index in [-0.39, 0.29) is 52.1 Å². The van der Waals surface area contributed by atoms with E-state index in [1.807, 2.05) is 0 Å². The Labute approximate surface area is 490 Å². The molecule has 84 heavy (non-hydrogen) atoms. The summed E-state index contributed by atoms with van der Waals surface area (Å²) in [6.07, 6.45) is -27.9. The lowest BCUT2D eigenvalue weighted by Gasteiger charge is -2.71. The molecule has 14 N–H and O–H groups in total. The van der Waals surface area contributed by atoms with Crippen LogP contribution < -0.4 is 0 Å². The number of rotatable bonds is 12. The van der Waals surface area contributed by atoms with E-state index in [1.165, 1.54) is 19.4 Å². The number of carbonyl (C=O) groups is 1. The molecular formula is C59H96O25.